The summed E-state index contributed by atoms with van der Waals surface area (Å²) in [5, 5.41) is 5.50. The summed E-state index contributed by atoms with van der Waals surface area (Å²) < 4.78 is 29.5. The molecule has 0 aromatic carbocycles. The Hall–Kier alpha value is -2.19. The van der Waals surface area contributed by atoms with Crippen LogP contribution in [0.5, 0.6) is 5.88 Å². The largest absolute Gasteiger partial charge is 0.478 e. The number of amides is 2. The van der Waals surface area contributed by atoms with Crippen LogP contribution in [0.3, 0.4) is 0 Å². The van der Waals surface area contributed by atoms with E-state index in [-0.39, 0.29) is 6.04 Å². The van der Waals surface area contributed by atoms with Crippen LogP contribution in [-0.2, 0) is 0 Å². The molecular weight excluding hydrogens is 308 g/mol. The lowest BCUT2D eigenvalue weighted by Gasteiger charge is -2.32. The van der Waals surface area contributed by atoms with Crippen LogP contribution in [0.2, 0.25) is 0 Å². The molecule has 2 heterocycles. The third-order valence-corrected chi connectivity index (χ3v) is 3.48. The van der Waals surface area contributed by atoms with Crippen LogP contribution in [-0.4, -0.2) is 59.6 Å². The normalized spacial score (nSPS) is 15.6. The number of likely N-dealkylation sites (tertiary alicyclic amines) is 1. The van der Waals surface area contributed by atoms with Gasteiger partial charge in [-0.1, -0.05) is 0 Å². The quantitative estimate of drug-likeness (QED) is 0.831. The third-order valence-electron chi connectivity index (χ3n) is 3.48. The molecule has 0 spiro atoms. The molecule has 1 aromatic rings. The monoisotopic (exact) mass is 329 g/mol. The number of hydrogen-bond donors (Lipinski definition) is 2. The number of nitrogens with zero attached hydrogens (tertiary/aromatic N) is 3. The predicted molar refractivity (Wildman–Crippen MR) is 80.8 cm³/mol. The number of alkyl halides is 2. The van der Waals surface area contributed by atoms with Crippen molar-refractivity contribution in [2.45, 2.75) is 32.2 Å². The molecule has 2 amide bonds. The number of aromatic nitrogens is 2. The van der Waals surface area contributed by atoms with Gasteiger partial charge in [-0.05, 0) is 19.8 Å². The number of rotatable bonds is 6. The summed E-state index contributed by atoms with van der Waals surface area (Å²) in [7, 11) is 0. The average molecular weight is 329 g/mol. The molecule has 1 aliphatic rings. The molecule has 2 N–H and O–H groups in total. The van der Waals surface area contributed by atoms with Gasteiger partial charge in [-0.25, -0.2) is 23.5 Å². The lowest BCUT2D eigenvalue weighted by Crippen LogP contribution is -2.47. The van der Waals surface area contributed by atoms with Gasteiger partial charge in [0.25, 0.3) is 6.43 Å². The Kier molecular flexibility index (Phi) is 6.30. The highest BCUT2D eigenvalue weighted by Gasteiger charge is 2.23. The maximum atomic E-state index is 12.1. The number of nitrogens with one attached hydrogen (secondary N) is 2. The zero-order valence-corrected chi connectivity index (χ0v) is 13.0. The minimum Gasteiger partial charge on any atom is -0.478 e. The minimum absolute atomic E-state index is 0.165. The number of ether oxygens (including phenoxy) is 1. The fraction of sp³-hybridized carbons (Fsp3) is 0.643. The lowest BCUT2D eigenvalue weighted by atomic mass is 10.1. The van der Waals surface area contributed by atoms with E-state index in [1.54, 1.807) is 11.0 Å². The van der Waals surface area contributed by atoms with E-state index in [1.165, 1.54) is 6.33 Å². The van der Waals surface area contributed by atoms with E-state index in [2.05, 4.69) is 20.6 Å². The molecular formula is C14H21F2N5O2. The second kappa shape index (κ2) is 8.44. The number of halogens is 2. The molecule has 128 valence electrons. The van der Waals surface area contributed by atoms with Crippen LogP contribution < -0.4 is 15.4 Å². The molecule has 0 aliphatic carbocycles. The van der Waals surface area contributed by atoms with Crippen LogP contribution in [0, 0.1) is 0 Å². The van der Waals surface area contributed by atoms with Crippen molar-refractivity contribution < 1.29 is 18.3 Å². The molecule has 23 heavy (non-hydrogen) atoms. The van der Waals surface area contributed by atoms with Crippen molar-refractivity contribution in [2.24, 2.45) is 0 Å². The van der Waals surface area contributed by atoms with Gasteiger partial charge < -0.3 is 20.3 Å². The van der Waals surface area contributed by atoms with Crippen LogP contribution in [0.25, 0.3) is 0 Å². The molecule has 1 aliphatic heterocycles. The molecule has 0 bridgehead atoms. The Bertz CT molecular complexity index is 510. The minimum atomic E-state index is -2.53. The number of carbonyl (C=O) groups excluding carboxylic acids is 1. The van der Waals surface area contributed by atoms with Crippen LogP contribution in [0.4, 0.5) is 19.4 Å². The Morgan fingerprint density at radius 3 is 2.83 bits per heavy atom. The summed E-state index contributed by atoms with van der Waals surface area (Å²) in [5.74, 6) is 1.18. The van der Waals surface area contributed by atoms with E-state index in [0.29, 0.717) is 31.4 Å². The number of urea groups is 1. The molecule has 0 unspecified atom stereocenters. The highest BCUT2D eigenvalue weighted by atomic mass is 19.3. The third kappa shape index (κ3) is 5.50. The first kappa shape index (κ1) is 17.2. The molecule has 1 aromatic heterocycles. The van der Waals surface area contributed by atoms with Gasteiger partial charge >= 0.3 is 6.03 Å². The van der Waals surface area contributed by atoms with Crippen molar-refractivity contribution in [2.75, 3.05) is 31.6 Å². The van der Waals surface area contributed by atoms with Crippen molar-refractivity contribution in [3.8, 4) is 5.88 Å². The highest BCUT2D eigenvalue weighted by molar-refractivity contribution is 5.74. The first-order valence-corrected chi connectivity index (χ1v) is 7.60. The van der Waals surface area contributed by atoms with Gasteiger partial charge in [0.2, 0.25) is 5.88 Å². The number of piperidine rings is 1. The smallest absolute Gasteiger partial charge is 0.317 e. The highest BCUT2D eigenvalue weighted by Crippen LogP contribution is 2.17. The van der Waals surface area contributed by atoms with E-state index in [9.17, 15) is 13.6 Å². The number of anilines is 1. The Morgan fingerprint density at radius 2 is 2.17 bits per heavy atom. The van der Waals surface area contributed by atoms with Gasteiger partial charge in [0.1, 0.15) is 12.1 Å². The molecule has 9 heteroatoms. The van der Waals surface area contributed by atoms with Crippen molar-refractivity contribution in [1.29, 1.82) is 0 Å². The zero-order valence-electron chi connectivity index (χ0n) is 13.0. The summed E-state index contributed by atoms with van der Waals surface area (Å²) in [5.41, 5.74) is 0. The number of hydrogen-bond acceptors (Lipinski definition) is 5. The van der Waals surface area contributed by atoms with E-state index in [0.717, 1.165) is 12.8 Å². The van der Waals surface area contributed by atoms with Crippen LogP contribution >= 0.6 is 0 Å². The van der Waals surface area contributed by atoms with Crippen molar-refractivity contribution in [3.63, 3.8) is 0 Å². The van der Waals surface area contributed by atoms with Gasteiger partial charge in [0.15, 0.2) is 0 Å². The fourth-order valence-electron chi connectivity index (χ4n) is 2.36. The van der Waals surface area contributed by atoms with Crippen molar-refractivity contribution >= 4 is 11.8 Å². The first-order chi connectivity index (χ1) is 11.1. The Morgan fingerprint density at radius 1 is 1.43 bits per heavy atom. The molecule has 0 radical (unpaired) electrons. The molecule has 1 fully saturated rings. The first-order valence-electron chi connectivity index (χ1n) is 7.60. The lowest BCUT2D eigenvalue weighted by molar-refractivity contribution is 0.137. The topological polar surface area (TPSA) is 79.4 Å². The van der Waals surface area contributed by atoms with Gasteiger partial charge in [-0.2, -0.15) is 0 Å². The molecule has 0 saturated carbocycles. The Balaban J connectivity index is 1.78. The Labute approximate surface area is 133 Å². The second-order valence-corrected chi connectivity index (χ2v) is 5.16. The summed E-state index contributed by atoms with van der Waals surface area (Å²) in [4.78, 5) is 21.4. The van der Waals surface area contributed by atoms with Gasteiger partial charge in [0, 0.05) is 25.2 Å². The van der Waals surface area contributed by atoms with E-state index >= 15 is 0 Å². The van der Waals surface area contributed by atoms with Crippen LogP contribution in [0.15, 0.2) is 12.4 Å². The van der Waals surface area contributed by atoms with E-state index < -0.39 is 19.0 Å². The predicted octanol–water partition coefficient (Wildman–Crippen LogP) is 1.73. The van der Waals surface area contributed by atoms with E-state index in [1.807, 2.05) is 6.92 Å². The van der Waals surface area contributed by atoms with Gasteiger partial charge in [-0.3, -0.25) is 0 Å². The SMILES string of the molecule is CCOc1cc(NC2CCN(C(=O)NCC(F)F)CC2)ncn1. The molecule has 2 rings (SSSR count). The summed E-state index contributed by atoms with van der Waals surface area (Å²) in [6.07, 6.45) is 0.335. The van der Waals surface area contributed by atoms with Gasteiger partial charge in [-0.15, -0.1) is 0 Å². The standard InChI is InChI=1S/C14H21F2N5O2/c1-2-23-13-7-12(18-9-19-13)20-10-3-5-21(6-4-10)14(22)17-8-11(15)16/h7,9-11H,2-6,8H2,1H3,(H,17,22)(H,18,19,20). The summed E-state index contributed by atoms with van der Waals surface area (Å²) in [6.45, 7) is 2.82. The summed E-state index contributed by atoms with van der Waals surface area (Å²) in [6, 6.07) is 1.45. The number of carbonyl (C=O) groups is 1. The summed E-state index contributed by atoms with van der Waals surface area (Å²) >= 11 is 0. The maximum Gasteiger partial charge on any atom is 0.317 e. The van der Waals surface area contributed by atoms with E-state index in [4.69, 9.17) is 4.74 Å². The maximum absolute atomic E-state index is 12.1. The molecule has 1 saturated heterocycles. The zero-order chi connectivity index (χ0) is 16.7. The fourth-order valence-corrected chi connectivity index (χ4v) is 2.36. The molecule has 0 atom stereocenters. The van der Waals surface area contributed by atoms with Crippen molar-refractivity contribution in [3.05, 3.63) is 12.4 Å². The van der Waals surface area contributed by atoms with Crippen LogP contribution in [0.1, 0.15) is 19.8 Å². The van der Waals surface area contributed by atoms with Crippen molar-refractivity contribution in [1.82, 2.24) is 20.2 Å². The molecule has 7 nitrogen and oxygen atoms in total. The van der Waals surface area contributed by atoms with Gasteiger partial charge in [0.05, 0.1) is 13.2 Å². The second-order valence-electron chi connectivity index (χ2n) is 5.16. The average Bonchev–Trinajstić information content (AvgIpc) is 2.54.